The number of rotatable bonds is 7. The summed E-state index contributed by atoms with van der Waals surface area (Å²) in [5.74, 6) is 1.73. The Morgan fingerprint density at radius 3 is 2.62 bits per heavy atom. The molecule has 0 aromatic heterocycles. The highest BCUT2D eigenvalue weighted by molar-refractivity contribution is 5.79. The van der Waals surface area contributed by atoms with Crippen molar-refractivity contribution in [3.8, 4) is 5.75 Å². The Bertz CT molecular complexity index is 741. The molecule has 5 heteroatoms. The van der Waals surface area contributed by atoms with Crippen LogP contribution in [-0.4, -0.2) is 40.8 Å². The number of nitrogens with zero attached hydrogens (tertiary/aromatic N) is 2. The van der Waals surface area contributed by atoms with Crippen LogP contribution in [0, 0.1) is 6.92 Å². The molecule has 2 aromatic rings. The van der Waals surface area contributed by atoms with Crippen LogP contribution < -0.4 is 20.3 Å². The van der Waals surface area contributed by atoms with Crippen molar-refractivity contribution in [3.63, 3.8) is 0 Å². The molecular formula is C21H30N4O. The van der Waals surface area contributed by atoms with Crippen LogP contribution in [0.15, 0.2) is 47.5 Å². The zero-order valence-electron chi connectivity index (χ0n) is 16.5. The summed E-state index contributed by atoms with van der Waals surface area (Å²) in [5, 5.41) is 6.74. The standard InChI is InChI=1S/C21H30N4O/c1-16-9-10-20(26-5)18(13-16)11-12-23-21(22-2)24-15-17-7-6-8-19(14-17)25(3)4/h6-10,13-14H,11-12,15H2,1-5H3,(H2,22,23,24). The summed E-state index contributed by atoms with van der Waals surface area (Å²) in [6.45, 7) is 3.62. The first kappa shape index (κ1) is 19.6. The van der Waals surface area contributed by atoms with Gasteiger partial charge in [0.1, 0.15) is 5.75 Å². The summed E-state index contributed by atoms with van der Waals surface area (Å²) in [6, 6.07) is 14.7. The third-order valence-corrected chi connectivity index (χ3v) is 4.23. The molecule has 0 spiro atoms. The van der Waals surface area contributed by atoms with Gasteiger partial charge in [-0.3, -0.25) is 4.99 Å². The van der Waals surface area contributed by atoms with E-state index in [0.717, 1.165) is 31.2 Å². The number of guanidine groups is 1. The molecule has 0 aliphatic rings. The maximum absolute atomic E-state index is 5.44. The Morgan fingerprint density at radius 1 is 1.12 bits per heavy atom. The number of methoxy groups -OCH3 is 1. The molecule has 5 nitrogen and oxygen atoms in total. The number of hydrogen-bond acceptors (Lipinski definition) is 3. The van der Waals surface area contributed by atoms with Crippen molar-refractivity contribution in [2.24, 2.45) is 4.99 Å². The van der Waals surface area contributed by atoms with Crippen molar-refractivity contribution in [3.05, 3.63) is 59.2 Å². The summed E-state index contributed by atoms with van der Waals surface area (Å²) in [7, 11) is 7.60. The van der Waals surface area contributed by atoms with Gasteiger partial charge in [-0.15, -0.1) is 0 Å². The Morgan fingerprint density at radius 2 is 1.92 bits per heavy atom. The fraction of sp³-hybridized carbons (Fsp3) is 0.381. The van der Waals surface area contributed by atoms with E-state index in [4.69, 9.17) is 4.74 Å². The highest BCUT2D eigenvalue weighted by Gasteiger charge is 2.05. The minimum Gasteiger partial charge on any atom is -0.496 e. The highest BCUT2D eigenvalue weighted by Crippen LogP contribution is 2.19. The Hall–Kier alpha value is -2.69. The second kappa shape index (κ2) is 9.70. The predicted molar refractivity (Wildman–Crippen MR) is 110 cm³/mol. The van der Waals surface area contributed by atoms with Crippen LogP contribution in [-0.2, 0) is 13.0 Å². The molecular weight excluding hydrogens is 324 g/mol. The van der Waals surface area contributed by atoms with Crippen molar-refractivity contribution in [2.75, 3.05) is 39.7 Å². The average Bonchev–Trinajstić information content (AvgIpc) is 2.65. The normalized spacial score (nSPS) is 11.2. The number of aryl methyl sites for hydroxylation is 1. The SMILES string of the molecule is CN=C(NCCc1cc(C)ccc1OC)NCc1cccc(N(C)C)c1. The third kappa shape index (κ3) is 5.69. The van der Waals surface area contributed by atoms with E-state index in [2.05, 4.69) is 63.8 Å². The van der Waals surface area contributed by atoms with E-state index in [0.29, 0.717) is 0 Å². The average molecular weight is 354 g/mol. The highest BCUT2D eigenvalue weighted by atomic mass is 16.5. The summed E-state index contributed by atoms with van der Waals surface area (Å²) < 4.78 is 5.44. The smallest absolute Gasteiger partial charge is 0.191 e. The van der Waals surface area contributed by atoms with Crippen molar-refractivity contribution in [1.29, 1.82) is 0 Å². The molecule has 0 aliphatic carbocycles. The van der Waals surface area contributed by atoms with Gasteiger partial charge in [0.2, 0.25) is 0 Å². The number of hydrogen-bond donors (Lipinski definition) is 2. The summed E-state index contributed by atoms with van der Waals surface area (Å²) >= 11 is 0. The molecule has 0 fully saturated rings. The van der Waals surface area contributed by atoms with Gasteiger partial charge in [0.15, 0.2) is 5.96 Å². The van der Waals surface area contributed by atoms with Crippen LogP contribution in [0.25, 0.3) is 0 Å². The lowest BCUT2D eigenvalue weighted by atomic mass is 10.1. The second-order valence-electron chi connectivity index (χ2n) is 6.48. The van der Waals surface area contributed by atoms with Gasteiger partial charge >= 0.3 is 0 Å². The fourth-order valence-corrected chi connectivity index (χ4v) is 2.77. The summed E-state index contributed by atoms with van der Waals surface area (Å²) in [4.78, 5) is 6.41. The van der Waals surface area contributed by atoms with Crippen molar-refractivity contribution in [2.45, 2.75) is 19.9 Å². The van der Waals surface area contributed by atoms with Crippen LogP contribution in [0.1, 0.15) is 16.7 Å². The molecule has 2 rings (SSSR count). The van der Waals surface area contributed by atoms with Gasteiger partial charge in [-0.1, -0.05) is 29.8 Å². The topological polar surface area (TPSA) is 48.9 Å². The fourth-order valence-electron chi connectivity index (χ4n) is 2.77. The lowest BCUT2D eigenvalue weighted by Crippen LogP contribution is -2.37. The van der Waals surface area contributed by atoms with Crippen LogP contribution in [0.5, 0.6) is 5.75 Å². The minimum atomic E-state index is 0.731. The molecule has 0 heterocycles. The number of aliphatic imine (C=N–C) groups is 1. The maximum atomic E-state index is 5.44. The largest absolute Gasteiger partial charge is 0.496 e. The minimum absolute atomic E-state index is 0.731. The van der Waals surface area contributed by atoms with Crippen molar-refractivity contribution in [1.82, 2.24) is 10.6 Å². The lowest BCUT2D eigenvalue weighted by molar-refractivity contribution is 0.409. The molecule has 140 valence electrons. The monoisotopic (exact) mass is 354 g/mol. The molecule has 2 N–H and O–H groups in total. The molecule has 0 amide bonds. The van der Waals surface area contributed by atoms with Crippen molar-refractivity contribution < 1.29 is 4.74 Å². The van der Waals surface area contributed by atoms with Gasteiger partial charge in [-0.05, 0) is 42.7 Å². The molecule has 0 saturated carbocycles. The molecule has 0 bridgehead atoms. The van der Waals surface area contributed by atoms with Crippen LogP contribution in [0.4, 0.5) is 5.69 Å². The van der Waals surface area contributed by atoms with E-state index in [9.17, 15) is 0 Å². The van der Waals surface area contributed by atoms with E-state index in [1.54, 1.807) is 14.2 Å². The Kier molecular flexibility index (Phi) is 7.33. The maximum Gasteiger partial charge on any atom is 0.191 e. The molecule has 0 unspecified atom stereocenters. The van der Waals surface area contributed by atoms with Gasteiger partial charge in [0, 0.05) is 39.9 Å². The van der Waals surface area contributed by atoms with Crippen LogP contribution in [0.2, 0.25) is 0 Å². The van der Waals surface area contributed by atoms with E-state index >= 15 is 0 Å². The van der Waals surface area contributed by atoms with E-state index < -0.39 is 0 Å². The lowest BCUT2D eigenvalue weighted by Gasteiger charge is -2.16. The van der Waals surface area contributed by atoms with E-state index in [1.165, 1.54) is 22.4 Å². The quantitative estimate of drug-likeness (QED) is 0.593. The molecule has 2 aromatic carbocycles. The van der Waals surface area contributed by atoms with Crippen LogP contribution in [0.3, 0.4) is 0 Å². The second-order valence-corrected chi connectivity index (χ2v) is 6.48. The van der Waals surface area contributed by atoms with Crippen molar-refractivity contribution >= 4 is 11.6 Å². The van der Waals surface area contributed by atoms with Gasteiger partial charge < -0.3 is 20.3 Å². The number of benzene rings is 2. The van der Waals surface area contributed by atoms with E-state index in [1.807, 2.05) is 20.2 Å². The zero-order chi connectivity index (χ0) is 18.9. The first-order valence-corrected chi connectivity index (χ1v) is 8.87. The predicted octanol–water partition coefficient (Wildman–Crippen LogP) is 2.98. The van der Waals surface area contributed by atoms with Gasteiger partial charge in [0.25, 0.3) is 0 Å². The molecule has 0 radical (unpaired) electrons. The van der Waals surface area contributed by atoms with E-state index in [-0.39, 0.29) is 0 Å². The molecule has 0 aliphatic heterocycles. The Labute approximate surface area is 157 Å². The molecule has 26 heavy (non-hydrogen) atoms. The summed E-state index contributed by atoms with van der Waals surface area (Å²) in [6.07, 6.45) is 0.877. The van der Waals surface area contributed by atoms with Crippen LogP contribution >= 0.6 is 0 Å². The number of nitrogens with one attached hydrogen (secondary N) is 2. The first-order valence-electron chi connectivity index (χ1n) is 8.87. The first-order chi connectivity index (χ1) is 12.5. The number of anilines is 1. The summed E-state index contributed by atoms with van der Waals surface area (Å²) in [5.41, 5.74) is 4.86. The zero-order valence-corrected chi connectivity index (χ0v) is 16.5. The third-order valence-electron chi connectivity index (χ3n) is 4.23. The number of ether oxygens (including phenoxy) is 1. The van der Waals surface area contributed by atoms with Gasteiger partial charge in [-0.2, -0.15) is 0 Å². The Balaban J connectivity index is 1.87. The van der Waals surface area contributed by atoms with Gasteiger partial charge in [0.05, 0.1) is 7.11 Å². The molecule has 0 saturated heterocycles. The molecule has 0 atom stereocenters. The van der Waals surface area contributed by atoms with Gasteiger partial charge in [-0.25, -0.2) is 0 Å².